The van der Waals surface area contributed by atoms with Gasteiger partial charge in [-0.15, -0.1) is 5.10 Å². The molecule has 0 aliphatic rings. The fourth-order valence-corrected chi connectivity index (χ4v) is 3.10. The Morgan fingerprint density at radius 2 is 2.15 bits per heavy atom. The first kappa shape index (κ1) is 15.8. The Labute approximate surface area is 136 Å². The zero-order valence-corrected chi connectivity index (χ0v) is 14.3. The smallest absolute Gasteiger partial charge is 0.153 e. The molecule has 1 N–H and O–H groups in total. The van der Waals surface area contributed by atoms with E-state index in [1.165, 1.54) is 0 Å². The van der Waals surface area contributed by atoms with Gasteiger partial charge >= 0.3 is 0 Å². The standard InChI is InChI=1S/C13H15BrCl2N4/c1-3-6-17-11(12-13(14)18-19-20(12)2)9-5-4-8(15)7-10(9)16/h4-5,7,11,17H,3,6H2,1-2H3. The maximum atomic E-state index is 6.33. The minimum atomic E-state index is -0.0888. The molecule has 4 nitrogen and oxygen atoms in total. The van der Waals surface area contributed by atoms with E-state index < -0.39 is 0 Å². The van der Waals surface area contributed by atoms with Crippen LogP contribution in [0.1, 0.15) is 30.6 Å². The molecule has 1 atom stereocenters. The number of aryl methyl sites for hydroxylation is 1. The van der Waals surface area contributed by atoms with Crippen LogP contribution in [-0.2, 0) is 7.05 Å². The molecule has 1 aromatic carbocycles. The number of aromatic nitrogens is 3. The van der Waals surface area contributed by atoms with Crippen LogP contribution in [-0.4, -0.2) is 21.5 Å². The molecule has 0 saturated carbocycles. The summed E-state index contributed by atoms with van der Waals surface area (Å²) >= 11 is 15.7. The van der Waals surface area contributed by atoms with Gasteiger partial charge in [-0.2, -0.15) is 0 Å². The third-order valence-electron chi connectivity index (χ3n) is 2.97. The van der Waals surface area contributed by atoms with Crippen molar-refractivity contribution in [2.24, 2.45) is 7.05 Å². The zero-order valence-electron chi connectivity index (χ0n) is 11.2. The Hall–Kier alpha value is -0.620. The van der Waals surface area contributed by atoms with Crippen molar-refractivity contribution in [2.45, 2.75) is 19.4 Å². The molecule has 7 heteroatoms. The molecule has 0 bridgehead atoms. The summed E-state index contributed by atoms with van der Waals surface area (Å²) in [7, 11) is 1.86. The number of halogens is 3. The van der Waals surface area contributed by atoms with E-state index in [0.717, 1.165) is 24.2 Å². The van der Waals surface area contributed by atoms with Crippen LogP contribution in [0.25, 0.3) is 0 Å². The van der Waals surface area contributed by atoms with Crippen LogP contribution in [0.3, 0.4) is 0 Å². The second-order valence-electron chi connectivity index (χ2n) is 4.44. The van der Waals surface area contributed by atoms with Crippen molar-refractivity contribution in [2.75, 3.05) is 6.54 Å². The third-order valence-corrected chi connectivity index (χ3v) is 4.10. The summed E-state index contributed by atoms with van der Waals surface area (Å²) in [4.78, 5) is 0. The molecule has 20 heavy (non-hydrogen) atoms. The molecule has 1 aromatic heterocycles. The second-order valence-corrected chi connectivity index (χ2v) is 6.04. The SMILES string of the molecule is CCCNC(c1ccc(Cl)cc1Cl)c1c(Br)nnn1C. The Morgan fingerprint density at radius 1 is 1.40 bits per heavy atom. The summed E-state index contributed by atoms with van der Waals surface area (Å²) in [6, 6.07) is 5.42. The van der Waals surface area contributed by atoms with Crippen LogP contribution >= 0.6 is 39.1 Å². The Morgan fingerprint density at radius 3 is 2.70 bits per heavy atom. The van der Waals surface area contributed by atoms with Gasteiger partial charge in [-0.1, -0.05) is 41.4 Å². The van der Waals surface area contributed by atoms with Gasteiger partial charge in [0.05, 0.1) is 11.7 Å². The van der Waals surface area contributed by atoms with Crippen molar-refractivity contribution < 1.29 is 0 Å². The number of hydrogen-bond donors (Lipinski definition) is 1. The van der Waals surface area contributed by atoms with Crippen LogP contribution in [0, 0.1) is 0 Å². The lowest BCUT2D eigenvalue weighted by atomic mass is 10.0. The minimum Gasteiger partial charge on any atom is -0.305 e. The van der Waals surface area contributed by atoms with Gasteiger partial charge in [0.1, 0.15) is 0 Å². The van der Waals surface area contributed by atoms with Crippen LogP contribution in [0.4, 0.5) is 0 Å². The van der Waals surface area contributed by atoms with Gasteiger partial charge in [0.15, 0.2) is 4.60 Å². The predicted octanol–water partition coefficient (Wildman–Crippen LogP) is 3.97. The number of rotatable bonds is 5. The van der Waals surface area contributed by atoms with Gasteiger partial charge < -0.3 is 5.32 Å². The molecule has 0 aliphatic heterocycles. The zero-order chi connectivity index (χ0) is 14.7. The van der Waals surface area contributed by atoms with Gasteiger partial charge in [-0.3, -0.25) is 0 Å². The number of hydrogen-bond acceptors (Lipinski definition) is 3. The van der Waals surface area contributed by atoms with E-state index >= 15 is 0 Å². The molecule has 2 rings (SSSR count). The Bertz CT molecular complexity index is 581. The Kier molecular flexibility index (Phi) is 5.43. The van der Waals surface area contributed by atoms with Gasteiger partial charge in [0.2, 0.25) is 0 Å². The molecule has 0 amide bonds. The number of nitrogens with one attached hydrogen (secondary N) is 1. The summed E-state index contributed by atoms with van der Waals surface area (Å²) in [6.07, 6.45) is 1.02. The van der Waals surface area contributed by atoms with Gasteiger partial charge in [0.25, 0.3) is 0 Å². The van der Waals surface area contributed by atoms with Gasteiger partial charge in [0, 0.05) is 17.1 Å². The maximum Gasteiger partial charge on any atom is 0.153 e. The highest BCUT2D eigenvalue weighted by Crippen LogP contribution is 2.32. The van der Waals surface area contributed by atoms with Gasteiger partial charge in [-0.25, -0.2) is 4.68 Å². The lowest BCUT2D eigenvalue weighted by molar-refractivity contribution is 0.549. The Balaban J connectivity index is 2.47. The topological polar surface area (TPSA) is 42.7 Å². The molecule has 0 fully saturated rings. The van der Waals surface area contributed by atoms with Crippen LogP contribution in [0.2, 0.25) is 10.0 Å². The molecular formula is C13H15BrCl2N4. The summed E-state index contributed by atoms with van der Waals surface area (Å²) in [5.41, 5.74) is 1.89. The first-order valence-electron chi connectivity index (χ1n) is 6.28. The molecule has 108 valence electrons. The summed E-state index contributed by atoms with van der Waals surface area (Å²) in [6.45, 7) is 2.98. The quantitative estimate of drug-likeness (QED) is 0.856. The van der Waals surface area contributed by atoms with E-state index in [1.807, 2.05) is 19.2 Å². The lowest BCUT2D eigenvalue weighted by Crippen LogP contribution is -2.26. The molecule has 1 heterocycles. The fourth-order valence-electron chi connectivity index (χ4n) is 2.02. The van der Waals surface area contributed by atoms with Crippen molar-refractivity contribution in [1.29, 1.82) is 0 Å². The van der Waals surface area contributed by atoms with Crippen molar-refractivity contribution in [3.63, 3.8) is 0 Å². The van der Waals surface area contributed by atoms with Crippen molar-refractivity contribution in [3.8, 4) is 0 Å². The highest BCUT2D eigenvalue weighted by atomic mass is 79.9. The molecule has 0 aliphatic carbocycles. The monoisotopic (exact) mass is 376 g/mol. The fraction of sp³-hybridized carbons (Fsp3) is 0.385. The van der Waals surface area contributed by atoms with Crippen molar-refractivity contribution >= 4 is 39.1 Å². The second kappa shape index (κ2) is 6.89. The highest BCUT2D eigenvalue weighted by molar-refractivity contribution is 9.10. The van der Waals surface area contributed by atoms with E-state index in [4.69, 9.17) is 23.2 Å². The van der Waals surface area contributed by atoms with E-state index in [1.54, 1.807) is 10.7 Å². The third kappa shape index (κ3) is 3.34. The molecule has 0 saturated heterocycles. The van der Waals surface area contributed by atoms with Crippen molar-refractivity contribution in [1.82, 2.24) is 20.3 Å². The van der Waals surface area contributed by atoms with E-state index in [-0.39, 0.29) is 6.04 Å². The number of benzene rings is 1. The summed E-state index contributed by atoms with van der Waals surface area (Å²) in [5.74, 6) is 0. The number of nitrogens with zero attached hydrogens (tertiary/aromatic N) is 3. The molecular weight excluding hydrogens is 363 g/mol. The van der Waals surface area contributed by atoms with Gasteiger partial charge in [-0.05, 0) is 46.6 Å². The normalized spacial score (nSPS) is 12.7. The molecule has 2 aromatic rings. The molecule has 1 unspecified atom stereocenters. The average molecular weight is 378 g/mol. The highest BCUT2D eigenvalue weighted by Gasteiger charge is 2.23. The first-order chi connectivity index (χ1) is 9.54. The molecule has 0 radical (unpaired) electrons. The summed E-state index contributed by atoms with van der Waals surface area (Å²) in [5, 5.41) is 12.8. The predicted molar refractivity (Wildman–Crippen MR) is 85.3 cm³/mol. The van der Waals surface area contributed by atoms with E-state index in [9.17, 15) is 0 Å². The van der Waals surface area contributed by atoms with E-state index in [2.05, 4.69) is 38.5 Å². The lowest BCUT2D eigenvalue weighted by Gasteiger charge is -2.20. The maximum absolute atomic E-state index is 6.33. The average Bonchev–Trinajstić information content (AvgIpc) is 2.72. The summed E-state index contributed by atoms with van der Waals surface area (Å²) < 4.78 is 2.45. The first-order valence-corrected chi connectivity index (χ1v) is 7.83. The van der Waals surface area contributed by atoms with Crippen LogP contribution < -0.4 is 5.32 Å². The largest absolute Gasteiger partial charge is 0.305 e. The van der Waals surface area contributed by atoms with Crippen LogP contribution in [0.5, 0.6) is 0 Å². The molecule has 0 spiro atoms. The van der Waals surface area contributed by atoms with Crippen LogP contribution in [0.15, 0.2) is 22.8 Å². The van der Waals surface area contributed by atoms with Crippen molar-refractivity contribution in [3.05, 3.63) is 44.1 Å². The van der Waals surface area contributed by atoms with E-state index in [0.29, 0.717) is 14.6 Å². The minimum absolute atomic E-state index is 0.0888.